The highest BCUT2D eigenvalue weighted by atomic mass is 35.5. The van der Waals surface area contributed by atoms with Crippen molar-refractivity contribution >= 4 is 47.5 Å². The number of hydrogen-bond donors (Lipinski definition) is 1. The number of para-hydroxylation sites is 1. The molecule has 2 amide bonds. The Bertz CT molecular complexity index is 1440. The lowest BCUT2D eigenvalue weighted by Gasteiger charge is -2.42. The van der Waals surface area contributed by atoms with E-state index in [4.69, 9.17) is 0 Å². The monoisotopic (exact) mass is 681 g/mol. The number of benzene rings is 2. The second-order valence-corrected chi connectivity index (χ2v) is 11.1. The molecule has 0 bridgehead atoms. The van der Waals surface area contributed by atoms with Gasteiger partial charge in [-0.15, -0.1) is 24.8 Å². The number of piperazine rings is 2. The Morgan fingerprint density at radius 3 is 2.04 bits per heavy atom. The number of alkyl halides is 6. The number of carbonyl (C=O) groups excluding carboxylic acids is 2. The summed E-state index contributed by atoms with van der Waals surface area (Å²) in [7, 11) is 0. The number of carbonyl (C=O) groups is 2. The number of hydrogen-bond acceptors (Lipinski definition) is 4. The predicted molar refractivity (Wildman–Crippen MR) is 163 cm³/mol. The van der Waals surface area contributed by atoms with E-state index in [0.717, 1.165) is 36.1 Å². The molecule has 1 aromatic heterocycles. The summed E-state index contributed by atoms with van der Waals surface area (Å²) in [5.74, 6) is -0.961. The van der Waals surface area contributed by atoms with Gasteiger partial charge in [-0.2, -0.15) is 26.3 Å². The molecule has 2 aliphatic rings. The summed E-state index contributed by atoms with van der Waals surface area (Å²) < 4.78 is 81.3. The third-order valence-electron chi connectivity index (χ3n) is 8.32. The van der Waals surface area contributed by atoms with Crippen LogP contribution in [-0.2, 0) is 23.6 Å². The van der Waals surface area contributed by atoms with Gasteiger partial charge in [-0.25, -0.2) is 0 Å². The molecule has 2 aromatic carbocycles. The van der Waals surface area contributed by atoms with Crippen molar-refractivity contribution in [2.75, 3.05) is 58.9 Å². The molecule has 7 nitrogen and oxygen atoms in total. The van der Waals surface area contributed by atoms with Gasteiger partial charge in [0.25, 0.3) is 5.91 Å². The lowest BCUT2D eigenvalue weighted by atomic mass is 9.98. The lowest BCUT2D eigenvalue weighted by Crippen LogP contribution is -2.58. The van der Waals surface area contributed by atoms with Crippen molar-refractivity contribution < 1.29 is 35.9 Å². The van der Waals surface area contributed by atoms with Gasteiger partial charge in [0.1, 0.15) is 0 Å². The average molecular weight is 683 g/mol. The van der Waals surface area contributed by atoms with Crippen molar-refractivity contribution in [3.8, 4) is 0 Å². The van der Waals surface area contributed by atoms with Gasteiger partial charge in [-0.05, 0) is 42.8 Å². The molecule has 15 heteroatoms. The number of amides is 2. The highest BCUT2D eigenvalue weighted by Crippen LogP contribution is 2.37. The van der Waals surface area contributed by atoms with E-state index in [1.54, 1.807) is 11.1 Å². The molecule has 0 saturated carbocycles. The van der Waals surface area contributed by atoms with Crippen LogP contribution in [0.25, 0.3) is 10.9 Å². The van der Waals surface area contributed by atoms with E-state index < -0.39 is 41.0 Å². The molecule has 3 aromatic rings. The van der Waals surface area contributed by atoms with Crippen LogP contribution in [0.15, 0.2) is 48.7 Å². The first-order chi connectivity index (χ1) is 20.3. The third-order valence-corrected chi connectivity index (χ3v) is 8.32. The highest BCUT2D eigenvalue weighted by molar-refractivity contribution is 5.95. The summed E-state index contributed by atoms with van der Waals surface area (Å²) >= 11 is 0. The van der Waals surface area contributed by atoms with Crippen molar-refractivity contribution in [3.05, 3.63) is 70.9 Å². The van der Waals surface area contributed by atoms with E-state index in [0.29, 0.717) is 31.6 Å². The van der Waals surface area contributed by atoms with Crippen molar-refractivity contribution in [1.29, 1.82) is 0 Å². The van der Waals surface area contributed by atoms with Crippen LogP contribution in [0.1, 0.15) is 34.0 Å². The Labute approximate surface area is 269 Å². The van der Waals surface area contributed by atoms with Crippen LogP contribution in [0.3, 0.4) is 0 Å². The Balaban J connectivity index is 0.00000276. The summed E-state index contributed by atoms with van der Waals surface area (Å²) in [6.45, 7) is 6.40. The minimum Gasteiger partial charge on any atom is -0.361 e. The molecule has 3 heterocycles. The van der Waals surface area contributed by atoms with Crippen LogP contribution in [0.2, 0.25) is 0 Å². The van der Waals surface area contributed by atoms with Gasteiger partial charge < -0.3 is 19.7 Å². The van der Waals surface area contributed by atoms with E-state index in [2.05, 4.69) is 16.8 Å². The molecule has 0 spiro atoms. The number of fused-ring (bicyclic) bond motifs is 1. The van der Waals surface area contributed by atoms with Crippen molar-refractivity contribution in [2.24, 2.45) is 0 Å². The fourth-order valence-corrected chi connectivity index (χ4v) is 5.91. The van der Waals surface area contributed by atoms with Crippen molar-refractivity contribution in [1.82, 2.24) is 24.6 Å². The first-order valence-electron chi connectivity index (χ1n) is 14.2. The lowest BCUT2D eigenvalue weighted by molar-refractivity contribution is -0.143. The molecule has 0 aliphatic carbocycles. The van der Waals surface area contributed by atoms with E-state index in [-0.39, 0.29) is 63.0 Å². The first-order valence-corrected chi connectivity index (χ1v) is 14.2. The number of likely N-dealkylation sites (N-methyl/N-ethyl adjacent to an activating group) is 1. The number of aromatic nitrogens is 1. The average Bonchev–Trinajstić information content (AvgIpc) is 3.38. The number of rotatable bonds is 6. The van der Waals surface area contributed by atoms with Crippen molar-refractivity contribution in [2.45, 2.75) is 31.7 Å². The number of aromatic amines is 1. The maximum atomic E-state index is 13.7. The van der Waals surface area contributed by atoms with E-state index in [9.17, 15) is 35.9 Å². The van der Waals surface area contributed by atoms with Gasteiger partial charge in [-0.3, -0.25) is 14.5 Å². The van der Waals surface area contributed by atoms with Gasteiger partial charge in [-0.1, -0.05) is 25.1 Å². The third kappa shape index (κ3) is 8.43. The zero-order chi connectivity index (χ0) is 30.9. The van der Waals surface area contributed by atoms with Gasteiger partial charge in [0.15, 0.2) is 0 Å². The Morgan fingerprint density at radius 1 is 0.844 bits per heavy atom. The Kier molecular flexibility index (Phi) is 11.8. The molecular weight excluding hydrogens is 647 g/mol. The molecule has 2 saturated heterocycles. The Hall–Kier alpha value is -3.00. The van der Waals surface area contributed by atoms with Gasteiger partial charge in [0.2, 0.25) is 5.91 Å². The molecule has 0 unspecified atom stereocenters. The number of nitrogens with zero attached hydrogens (tertiary/aromatic N) is 4. The summed E-state index contributed by atoms with van der Waals surface area (Å²) in [5.41, 5.74) is -2.04. The van der Waals surface area contributed by atoms with E-state index >= 15 is 0 Å². The SMILES string of the molecule is CCN1CCN(C(=O)CN2CCN(C(=O)c3cc(C(F)(F)F)cc(C(F)(F)F)c3)[C@H](Cc3c[nH]c4ccccc34)C2)CC1.Cl.Cl. The van der Waals surface area contributed by atoms with Gasteiger partial charge >= 0.3 is 12.4 Å². The summed E-state index contributed by atoms with van der Waals surface area (Å²) in [5, 5.41) is 0.898. The first kappa shape index (κ1) is 36.5. The Morgan fingerprint density at radius 2 is 1.44 bits per heavy atom. The largest absolute Gasteiger partial charge is 0.416 e. The van der Waals surface area contributed by atoms with Crippen LogP contribution in [-0.4, -0.2) is 101 Å². The number of nitrogens with one attached hydrogen (secondary N) is 1. The molecule has 45 heavy (non-hydrogen) atoms. The van der Waals surface area contributed by atoms with Crippen LogP contribution in [0.4, 0.5) is 26.3 Å². The van der Waals surface area contributed by atoms with Crippen LogP contribution < -0.4 is 0 Å². The van der Waals surface area contributed by atoms with E-state index in [1.165, 1.54) is 4.90 Å². The quantitative estimate of drug-likeness (QED) is 0.345. The molecule has 0 radical (unpaired) electrons. The summed E-state index contributed by atoms with van der Waals surface area (Å²) in [4.78, 5) is 37.3. The molecule has 5 rings (SSSR count). The smallest absolute Gasteiger partial charge is 0.361 e. The molecule has 248 valence electrons. The van der Waals surface area contributed by atoms with E-state index in [1.807, 2.05) is 29.2 Å². The maximum Gasteiger partial charge on any atom is 0.416 e. The van der Waals surface area contributed by atoms with Gasteiger partial charge in [0.05, 0.1) is 17.7 Å². The topological polar surface area (TPSA) is 62.9 Å². The molecule has 1 atom stereocenters. The molecule has 2 aliphatic heterocycles. The number of halogens is 8. The van der Waals surface area contributed by atoms with Crippen molar-refractivity contribution in [3.63, 3.8) is 0 Å². The highest BCUT2D eigenvalue weighted by Gasteiger charge is 2.39. The molecule has 1 N–H and O–H groups in total. The minimum absolute atomic E-state index is 0. The molecule has 2 fully saturated rings. The summed E-state index contributed by atoms with van der Waals surface area (Å²) in [6, 6.07) is 7.87. The zero-order valence-electron chi connectivity index (χ0n) is 24.5. The number of H-pyrrole nitrogens is 1. The van der Waals surface area contributed by atoms with Gasteiger partial charge in [0, 0.05) is 74.5 Å². The zero-order valence-corrected chi connectivity index (χ0v) is 26.1. The summed E-state index contributed by atoms with van der Waals surface area (Å²) in [6.07, 6.45) is -8.06. The maximum absolute atomic E-state index is 13.7. The second-order valence-electron chi connectivity index (χ2n) is 11.1. The van der Waals surface area contributed by atoms with Crippen LogP contribution >= 0.6 is 24.8 Å². The predicted octanol–water partition coefficient (Wildman–Crippen LogP) is 5.58. The standard InChI is InChI=1S/C30H33F6N5O2.2ClH/c1-2-38-7-10-40(11-8-38)27(42)19-39-9-12-41(24(18-39)15-21-17-37-26-6-4-3-5-25(21)26)28(43)20-13-22(29(31,32)33)16-23(14-20)30(34,35)36;;/h3-6,13-14,16-17,24,37H,2,7-12,15,18-19H2,1H3;2*1H/t24-;;/m1../s1. The fraction of sp³-hybridized carbons (Fsp3) is 0.467. The molecular formula is C30H35Cl2F6N5O2. The minimum atomic E-state index is -5.07. The fourth-order valence-electron chi connectivity index (χ4n) is 5.91. The normalized spacial score (nSPS) is 18.4. The van der Waals surface area contributed by atoms with Crippen LogP contribution in [0, 0.1) is 0 Å². The second kappa shape index (κ2) is 14.6. The van der Waals surface area contributed by atoms with Crippen LogP contribution in [0.5, 0.6) is 0 Å².